The first-order valence-electron chi connectivity index (χ1n) is 12.5. The number of nitrogens with one attached hydrogen (secondary N) is 1. The zero-order chi connectivity index (χ0) is 27.6. The molecular formula is C27H29N3O7S2. The number of amides is 1. The van der Waals surface area contributed by atoms with Crippen molar-refractivity contribution in [2.24, 2.45) is 0 Å². The molecule has 0 aliphatic carbocycles. The fraction of sp³-hybridized carbons (Fsp3) is 0.296. The Balaban J connectivity index is 1.31. The molecular weight excluding hydrogens is 542 g/mol. The van der Waals surface area contributed by atoms with Gasteiger partial charge in [-0.1, -0.05) is 0 Å². The molecule has 39 heavy (non-hydrogen) atoms. The van der Waals surface area contributed by atoms with Crippen molar-refractivity contribution in [2.75, 3.05) is 49.6 Å². The summed E-state index contributed by atoms with van der Waals surface area (Å²) in [5, 5.41) is 2.83. The van der Waals surface area contributed by atoms with Gasteiger partial charge in [0.05, 0.1) is 35.8 Å². The first-order chi connectivity index (χ1) is 18.7. The van der Waals surface area contributed by atoms with Crippen molar-refractivity contribution < 1.29 is 31.1 Å². The Morgan fingerprint density at radius 3 is 2.15 bits per heavy atom. The minimum atomic E-state index is -3.77. The Hall–Kier alpha value is -3.45. The number of benzene rings is 3. The second kappa shape index (κ2) is 11.0. The average molecular weight is 572 g/mol. The smallest absolute Gasteiger partial charge is 0.264 e. The van der Waals surface area contributed by atoms with E-state index in [1.165, 1.54) is 52.1 Å². The molecule has 2 heterocycles. The van der Waals surface area contributed by atoms with E-state index >= 15 is 0 Å². The van der Waals surface area contributed by atoms with Gasteiger partial charge in [-0.25, -0.2) is 16.8 Å². The number of morpholine rings is 1. The quantitative estimate of drug-likeness (QED) is 0.462. The summed E-state index contributed by atoms with van der Waals surface area (Å²) in [6.07, 6.45) is 1.31. The number of anilines is 2. The van der Waals surface area contributed by atoms with Crippen molar-refractivity contribution in [2.45, 2.75) is 22.6 Å². The highest BCUT2D eigenvalue weighted by atomic mass is 32.2. The topological polar surface area (TPSA) is 122 Å². The lowest BCUT2D eigenvalue weighted by Crippen LogP contribution is -2.40. The van der Waals surface area contributed by atoms with Gasteiger partial charge < -0.3 is 14.8 Å². The summed E-state index contributed by atoms with van der Waals surface area (Å²) in [4.78, 5) is 13.2. The fourth-order valence-corrected chi connectivity index (χ4v) is 7.63. The zero-order valence-corrected chi connectivity index (χ0v) is 23.0. The number of rotatable bonds is 7. The van der Waals surface area contributed by atoms with Crippen LogP contribution < -0.4 is 14.4 Å². The summed E-state index contributed by atoms with van der Waals surface area (Å²) in [6.45, 7) is 1.65. The summed E-state index contributed by atoms with van der Waals surface area (Å²) in [5.41, 5.74) is 2.21. The number of fused-ring (bicyclic) bond motifs is 1. The van der Waals surface area contributed by atoms with Crippen LogP contribution in [-0.2, 0) is 31.2 Å². The second-order valence-electron chi connectivity index (χ2n) is 9.19. The van der Waals surface area contributed by atoms with E-state index < -0.39 is 26.0 Å². The van der Waals surface area contributed by atoms with E-state index in [9.17, 15) is 21.6 Å². The highest BCUT2D eigenvalue weighted by molar-refractivity contribution is 7.92. The normalized spacial score (nSPS) is 16.4. The number of nitrogens with zero attached hydrogens (tertiary/aromatic N) is 2. The third kappa shape index (κ3) is 5.50. The molecule has 0 aromatic heterocycles. The van der Waals surface area contributed by atoms with E-state index in [0.29, 0.717) is 68.4 Å². The maximum atomic E-state index is 13.4. The summed E-state index contributed by atoms with van der Waals surface area (Å²) in [7, 11) is -5.91. The van der Waals surface area contributed by atoms with Crippen LogP contribution in [0.4, 0.5) is 11.4 Å². The number of ether oxygens (including phenoxy) is 2. The molecule has 2 aliphatic heterocycles. The minimum absolute atomic E-state index is 0.118. The molecule has 0 atom stereocenters. The molecule has 0 radical (unpaired) electrons. The number of carbonyl (C=O) groups is 1. The van der Waals surface area contributed by atoms with Gasteiger partial charge in [0.15, 0.2) is 0 Å². The van der Waals surface area contributed by atoms with Crippen molar-refractivity contribution in [1.82, 2.24) is 4.31 Å². The highest BCUT2D eigenvalue weighted by Gasteiger charge is 2.30. The van der Waals surface area contributed by atoms with E-state index in [4.69, 9.17) is 9.47 Å². The van der Waals surface area contributed by atoms with Gasteiger partial charge in [0.1, 0.15) is 5.75 Å². The standard InChI is InChI=1S/C27H29N3O7S2/c1-36-23-7-11-25(12-8-23)39(34,35)30-14-2-3-21-19-22(6-13-26(21)30)28-27(31)20-4-9-24(10-5-20)38(32,33)29-15-17-37-18-16-29/h4-13,19H,2-3,14-18H2,1H3,(H,28,31). The first-order valence-corrected chi connectivity index (χ1v) is 15.4. The van der Waals surface area contributed by atoms with E-state index in [0.717, 1.165) is 5.56 Å². The molecule has 12 heteroatoms. The predicted octanol–water partition coefficient (Wildman–Crippen LogP) is 3.11. The van der Waals surface area contributed by atoms with Crippen molar-refractivity contribution in [1.29, 1.82) is 0 Å². The van der Waals surface area contributed by atoms with Crippen LogP contribution in [0, 0.1) is 0 Å². The Labute approximate surface area is 228 Å². The second-order valence-corrected chi connectivity index (χ2v) is 13.0. The lowest BCUT2D eigenvalue weighted by molar-refractivity contribution is 0.0730. The number of methoxy groups -OCH3 is 1. The third-order valence-corrected chi connectivity index (χ3v) is 10.5. The van der Waals surface area contributed by atoms with Crippen molar-refractivity contribution >= 4 is 37.3 Å². The van der Waals surface area contributed by atoms with Gasteiger partial charge in [-0.2, -0.15) is 4.31 Å². The molecule has 3 aromatic rings. The van der Waals surface area contributed by atoms with Crippen molar-refractivity contribution in [3.8, 4) is 5.75 Å². The lowest BCUT2D eigenvalue weighted by Gasteiger charge is -2.31. The average Bonchev–Trinajstić information content (AvgIpc) is 2.97. The van der Waals surface area contributed by atoms with Crippen LogP contribution >= 0.6 is 0 Å². The molecule has 1 fully saturated rings. The van der Waals surface area contributed by atoms with E-state index in [1.54, 1.807) is 30.3 Å². The van der Waals surface area contributed by atoms with Crippen molar-refractivity contribution in [3.05, 3.63) is 77.9 Å². The molecule has 3 aromatic carbocycles. The molecule has 0 unspecified atom stereocenters. The third-order valence-electron chi connectivity index (χ3n) is 6.79. The Morgan fingerprint density at radius 1 is 0.846 bits per heavy atom. The number of hydrogen-bond acceptors (Lipinski definition) is 7. The predicted molar refractivity (Wildman–Crippen MR) is 146 cm³/mol. The van der Waals surface area contributed by atoms with Gasteiger partial charge in [-0.05, 0) is 85.1 Å². The highest BCUT2D eigenvalue weighted by Crippen LogP contribution is 2.34. The van der Waals surface area contributed by atoms with Crippen LogP contribution in [0.15, 0.2) is 76.5 Å². The largest absolute Gasteiger partial charge is 0.497 e. The Morgan fingerprint density at radius 2 is 1.49 bits per heavy atom. The molecule has 1 saturated heterocycles. The number of carbonyl (C=O) groups excluding carboxylic acids is 1. The molecule has 5 rings (SSSR count). The van der Waals surface area contributed by atoms with Gasteiger partial charge in [0, 0.05) is 30.9 Å². The zero-order valence-electron chi connectivity index (χ0n) is 21.4. The van der Waals surface area contributed by atoms with E-state index in [1.807, 2.05) is 0 Å². The van der Waals surface area contributed by atoms with Crippen LogP contribution in [0.2, 0.25) is 0 Å². The van der Waals surface area contributed by atoms with E-state index in [-0.39, 0.29) is 9.79 Å². The molecule has 0 bridgehead atoms. The molecule has 1 N–H and O–H groups in total. The Kier molecular flexibility index (Phi) is 7.63. The fourth-order valence-electron chi connectivity index (χ4n) is 4.68. The van der Waals surface area contributed by atoms with Gasteiger partial charge in [-0.3, -0.25) is 9.10 Å². The van der Waals surface area contributed by atoms with Crippen molar-refractivity contribution in [3.63, 3.8) is 0 Å². The summed E-state index contributed by atoms with van der Waals surface area (Å²) < 4.78 is 65.5. The molecule has 1 amide bonds. The maximum Gasteiger partial charge on any atom is 0.264 e. The summed E-state index contributed by atoms with van der Waals surface area (Å²) in [5.74, 6) is 0.172. The first kappa shape index (κ1) is 27.1. The lowest BCUT2D eigenvalue weighted by atomic mass is 10.0. The van der Waals surface area contributed by atoms with Gasteiger partial charge in [0.25, 0.3) is 15.9 Å². The number of hydrogen-bond donors (Lipinski definition) is 1. The van der Waals surface area contributed by atoms with Crippen LogP contribution in [-0.4, -0.2) is 67.0 Å². The number of aryl methyl sites for hydroxylation is 1. The minimum Gasteiger partial charge on any atom is -0.497 e. The van der Waals surface area contributed by atoms with Gasteiger partial charge in [-0.15, -0.1) is 0 Å². The van der Waals surface area contributed by atoms with Crippen LogP contribution in [0.1, 0.15) is 22.3 Å². The SMILES string of the molecule is COc1ccc(S(=O)(=O)N2CCCc3cc(NC(=O)c4ccc(S(=O)(=O)N5CCOCC5)cc4)ccc32)cc1. The maximum absolute atomic E-state index is 13.4. The van der Waals surface area contributed by atoms with Gasteiger partial charge in [0.2, 0.25) is 10.0 Å². The molecule has 206 valence electrons. The molecule has 0 saturated carbocycles. The van der Waals surface area contributed by atoms with Crippen LogP contribution in [0.5, 0.6) is 5.75 Å². The van der Waals surface area contributed by atoms with Crippen LogP contribution in [0.25, 0.3) is 0 Å². The Bertz CT molecular complexity index is 1570. The monoisotopic (exact) mass is 571 g/mol. The molecule has 2 aliphatic rings. The van der Waals surface area contributed by atoms with Crippen LogP contribution in [0.3, 0.4) is 0 Å². The van der Waals surface area contributed by atoms with E-state index in [2.05, 4.69) is 5.32 Å². The van der Waals surface area contributed by atoms with Gasteiger partial charge >= 0.3 is 0 Å². The molecule has 10 nitrogen and oxygen atoms in total. The molecule has 0 spiro atoms. The summed E-state index contributed by atoms with van der Waals surface area (Å²) in [6, 6.07) is 17.2. The number of sulfonamides is 2. The summed E-state index contributed by atoms with van der Waals surface area (Å²) >= 11 is 0.